The Morgan fingerprint density at radius 1 is 1.10 bits per heavy atom. The second-order valence-electron chi connectivity index (χ2n) is 7.26. The first-order valence-electron chi connectivity index (χ1n) is 9.94. The molecule has 29 heavy (non-hydrogen) atoms. The van der Waals surface area contributed by atoms with Gasteiger partial charge in [0.2, 0.25) is 5.91 Å². The Bertz CT molecular complexity index is 849. The molecule has 1 aliphatic rings. The van der Waals surface area contributed by atoms with Crippen LogP contribution in [-0.2, 0) is 20.7 Å². The lowest BCUT2D eigenvalue weighted by Crippen LogP contribution is -2.36. The van der Waals surface area contributed by atoms with E-state index in [0.29, 0.717) is 18.5 Å². The maximum atomic E-state index is 12.2. The van der Waals surface area contributed by atoms with Gasteiger partial charge in [0.1, 0.15) is 0 Å². The van der Waals surface area contributed by atoms with Crippen molar-refractivity contribution in [3.05, 3.63) is 65.7 Å². The second-order valence-corrected chi connectivity index (χ2v) is 7.26. The summed E-state index contributed by atoms with van der Waals surface area (Å²) in [5.41, 5.74) is 2.35. The highest BCUT2D eigenvalue weighted by molar-refractivity contribution is 5.96. The van der Waals surface area contributed by atoms with E-state index in [2.05, 4.69) is 17.4 Å². The fourth-order valence-corrected chi connectivity index (χ4v) is 3.33. The third-order valence-corrected chi connectivity index (χ3v) is 4.94. The van der Waals surface area contributed by atoms with Gasteiger partial charge in [-0.2, -0.15) is 0 Å². The summed E-state index contributed by atoms with van der Waals surface area (Å²) in [6.45, 7) is 2.31. The normalized spacial score (nSPS) is 14.5. The standard InChI is InChI=1S/C23H26N2O4/c1-17(9-10-18-6-3-2-4-7-18)24-21(26)16-29-23(28)19-11-13-20(14-12-19)25-15-5-8-22(25)27/h2-4,6-7,11-14,17H,5,8-10,15-16H2,1H3,(H,24,26)/t17-/m0/s1. The zero-order valence-corrected chi connectivity index (χ0v) is 16.6. The first-order valence-corrected chi connectivity index (χ1v) is 9.94. The van der Waals surface area contributed by atoms with Gasteiger partial charge < -0.3 is 15.0 Å². The predicted octanol–water partition coefficient (Wildman–Crippen LogP) is 3.11. The molecule has 2 aromatic rings. The maximum Gasteiger partial charge on any atom is 0.338 e. The van der Waals surface area contributed by atoms with E-state index in [1.54, 1.807) is 29.2 Å². The third kappa shape index (κ3) is 5.91. The molecule has 0 bridgehead atoms. The van der Waals surface area contributed by atoms with Crippen molar-refractivity contribution in [2.45, 2.75) is 38.6 Å². The molecule has 6 heteroatoms. The highest BCUT2D eigenvalue weighted by Crippen LogP contribution is 2.21. The summed E-state index contributed by atoms with van der Waals surface area (Å²) in [5, 5.41) is 2.85. The Balaban J connectivity index is 1.41. The molecule has 0 unspecified atom stereocenters. The van der Waals surface area contributed by atoms with E-state index in [4.69, 9.17) is 4.74 Å². The van der Waals surface area contributed by atoms with Crippen molar-refractivity contribution < 1.29 is 19.1 Å². The molecule has 1 atom stereocenters. The molecule has 0 aliphatic carbocycles. The number of carbonyl (C=O) groups is 3. The van der Waals surface area contributed by atoms with Crippen molar-refractivity contribution in [3.8, 4) is 0 Å². The van der Waals surface area contributed by atoms with Gasteiger partial charge in [-0.25, -0.2) is 4.79 Å². The van der Waals surface area contributed by atoms with E-state index < -0.39 is 5.97 Å². The third-order valence-electron chi connectivity index (χ3n) is 4.94. The molecule has 0 spiro atoms. The van der Waals surface area contributed by atoms with Crippen LogP contribution in [0.15, 0.2) is 54.6 Å². The molecule has 2 amide bonds. The quantitative estimate of drug-likeness (QED) is 0.698. The lowest BCUT2D eigenvalue weighted by molar-refractivity contribution is -0.124. The molecule has 1 N–H and O–H groups in total. The van der Waals surface area contributed by atoms with Crippen LogP contribution in [0.2, 0.25) is 0 Å². The van der Waals surface area contributed by atoms with E-state index in [0.717, 1.165) is 24.9 Å². The van der Waals surface area contributed by atoms with E-state index in [9.17, 15) is 14.4 Å². The van der Waals surface area contributed by atoms with Crippen molar-refractivity contribution in [1.29, 1.82) is 0 Å². The summed E-state index contributed by atoms with van der Waals surface area (Å²) in [5.74, 6) is -0.784. The topological polar surface area (TPSA) is 75.7 Å². The first kappa shape index (κ1) is 20.6. The molecule has 1 saturated heterocycles. The highest BCUT2D eigenvalue weighted by Gasteiger charge is 2.22. The number of nitrogens with one attached hydrogen (secondary N) is 1. The van der Waals surface area contributed by atoms with Gasteiger partial charge in [0, 0.05) is 24.7 Å². The van der Waals surface area contributed by atoms with Crippen LogP contribution in [0.25, 0.3) is 0 Å². The van der Waals surface area contributed by atoms with Crippen LogP contribution in [0.5, 0.6) is 0 Å². The summed E-state index contributed by atoms with van der Waals surface area (Å²) in [4.78, 5) is 37.7. The summed E-state index contributed by atoms with van der Waals surface area (Å²) >= 11 is 0. The number of rotatable bonds is 8. The average Bonchev–Trinajstić information content (AvgIpc) is 3.17. The van der Waals surface area contributed by atoms with Crippen LogP contribution in [0.1, 0.15) is 42.1 Å². The maximum absolute atomic E-state index is 12.2. The van der Waals surface area contributed by atoms with Crippen LogP contribution in [0, 0.1) is 0 Å². The minimum atomic E-state index is -0.559. The van der Waals surface area contributed by atoms with Crippen molar-refractivity contribution in [2.24, 2.45) is 0 Å². The highest BCUT2D eigenvalue weighted by atomic mass is 16.5. The van der Waals surface area contributed by atoms with Crippen LogP contribution in [-0.4, -0.2) is 37.0 Å². The van der Waals surface area contributed by atoms with Crippen molar-refractivity contribution in [3.63, 3.8) is 0 Å². The zero-order chi connectivity index (χ0) is 20.6. The smallest absolute Gasteiger partial charge is 0.338 e. The van der Waals surface area contributed by atoms with Gasteiger partial charge in [-0.15, -0.1) is 0 Å². The molecule has 3 rings (SSSR count). The zero-order valence-electron chi connectivity index (χ0n) is 16.6. The predicted molar refractivity (Wildman–Crippen MR) is 111 cm³/mol. The minimum absolute atomic E-state index is 0.0151. The summed E-state index contributed by atoms with van der Waals surface area (Å²) < 4.78 is 5.11. The number of nitrogens with zero attached hydrogens (tertiary/aromatic N) is 1. The fraction of sp³-hybridized carbons (Fsp3) is 0.348. The summed E-state index contributed by atoms with van der Waals surface area (Å²) in [7, 11) is 0. The average molecular weight is 394 g/mol. The number of ether oxygens (including phenoxy) is 1. The number of anilines is 1. The molecule has 1 aliphatic heterocycles. The molecule has 1 heterocycles. The molecule has 1 fully saturated rings. The number of benzene rings is 2. The Kier molecular flexibility index (Phi) is 7.00. The van der Waals surface area contributed by atoms with Crippen molar-refractivity contribution in [1.82, 2.24) is 5.32 Å². The molecule has 2 aromatic carbocycles. The van der Waals surface area contributed by atoms with E-state index >= 15 is 0 Å². The summed E-state index contributed by atoms with van der Waals surface area (Å²) in [6.07, 6.45) is 3.08. The molecule has 6 nitrogen and oxygen atoms in total. The van der Waals surface area contributed by atoms with Gasteiger partial charge in [0.25, 0.3) is 5.91 Å². The number of aryl methyl sites for hydroxylation is 1. The van der Waals surface area contributed by atoms with Crippen LogP contribution >= 0.6 is 0 Å². The SMILES string of the molecule is C[C@@H](CCc1ccccc1)NC(=O)COC(=O)c1ccc(N2CCCC2=O)cc1. The van der Waals surface area contributed by atoms with Gasteiger partial charge in [-0.3, -0.25) is 9.59 Å². The summed E-state index contributed by atoms with van der Waals surface area (Å²) in [6, 6.07) is 16.7. The number of hydrogen-bond acceptors (Lipinski definition) is 4. The van der Waals surface area contributed by atoms with E-state index in [1.165, 1.54) is 5.56 Å². The molecule has 0 aromatic heterocycles. The number of amides is 2. The van der Waals surface area contributed by atoms with Crippen molar-refractivity contribution in [2.75, 3.05) is 18.1 Å². The Hall–Kier alpha value is -3.15. The van der Waals surface area contributed by atoms with Gasteiger partial charge in [0.05, 0.1) is 5.56 Å². The van der Waals surface area contributed by atoms with Crippen LogP contribution in [0.3, 0.4) is 0 Å². The minimum Gasteiger partial charge on any atom is -0.452 e. The largest absolute Gasteiger partial charge is 0.452 e. The lowest BCUT2D eigenvalue weighted by Gasteiger charge is -2.16. The van der Waals surface area contributed by atoms with Crippen LogP contribution < -0.4 is 10.2 Å². The van der Waals surface area contributed by atoms with Crippen molar-refractivity contribution >= 4 is 23.5 Å². The Labute approximate surface area is 170 Å². The molecule has 152 valence electrons. The van der Waals surface area contributed by atoms with E-state index in [1.807, 2.05) is 25.1 Å². The lowest BCUT2D eigenvalue weighted by atomic mass is 10.1. The fourth-order valence-electron chi connectivity index (χ4n) is 3.33. The molecular weight excluding hydrogens is 368 g/mol. The Morgan fingerprint density at radius 3 is 2.48 bits per heavy atom. The van der Waals surface area contributed by atoms with Crippen LogP contribution in [0.4, 0.5) is 5.69 Å². The molecule has 0 saturated carbocycles. The van der Waals surface area contributed by atoms with Gasteiger partial charge in [0.15, 0.2) is 6.61 Å². The number of carbonyl (C=O) groups excluding carboxylic acids is 3. The second kappa shape index (κ2) is 9.87. The van der Waals surface area contributed by atoms with E-state index in [-0.39, 0.29) is 24.5 Å². The Morgan fingerprint density at radius 2 is 1.83 bits per heavy atom. The monoisotopic (exact) mass is 394 g/mol. The first-order chi connectivity index (χ1) is 14.0. The number of esters is 1. The molecule has 0 radical (unpaired) electrons. The van der Waals surface area contributed by atoms with Gasteiger partial charge >= 0.3 is 5.97 Å². The number of hydrogen-bond donors (Lipinski definition) is 1. The van der Waals surface area contributed by atoms with Gasteiger partial charge in [-0.1, -0.05) is 30.3 Å². The van der Waals surface area contributed by atoms with Gasteiger partial charge in [-0.05, 0) is 56.0 Å². The molecular formula is C23H26N2O4.